The quantitative estimate of drug-likeness (QED) is 0.240. The molecule has 7 heteroatoms. The van der Waals surface area contributed by atoms with Gasteiger partial charge in [-0.2, -0.15) is 0 Å². The number of nitrogens with one attached hydrogen (secondary N) is 2. The van der Waals surface area contributed by atoms with Crippen LogP contribution in [0.2, 0.25) is 0 Å². The molecule has 0 unspecified atom stereocenters. The molecule has 0 radical (unpaired) electrons. The molecule has 0 saturated carbocycles. The van der Waals surface area contributed by atoms with E-state index in [9.17, 15) is 4.79 Å². The van der Waals surface area contributed by atoms with Crippen molar-refractivity contribution in [1.82, 2.24) is 15.5 Å². The number of benzene rings is 1. The van der Waals surface area contributed by atoms with Crippen LogP contribution in [0, 0.1) is 5.92 Å². The molecular weight excluding hydrogens is 479 g/mol. The van der Waals surface area contributed by atoms with Crippen molar-refractivity contribution >= 4 is 35.8 Å². The molecule has 1 heterocycles. The van der Waals surface area contributed by atoms with Gasteiger partial charge in [-0.15, -0.1) is 24.0 Å². The van der Waals surface area contributed by atoms with Gasteiger partial charge in [0.1, 0.15) is 12.4 Å². The number of aliphatic imine (C=N–C) groups is 1. The van der Waals surface area contributed by atoms with Crippen LogP contribution in [0.15, 0.2) is 29.3 Å². The number of ether oxygens (including phenoxy) is 1. The van der Waals surface area contributed by atoms with Crippen molar-refractivity contribution in [1.29, 1.82) is 0 Å². The molecule has 0 spiro atoms. The van der Waals surface area contributed by atoms with E-state index in [4.69, 9.17) is 9.73 Å². The molecule has 0 aliphatic carbocycles. The number of rotatable bonds is 8. The van der Waals surface area contributed by atoms with E-state index in [2.05, 4.69) is 48.4 Å². The van der Waals surface area contributed by atoms with Crippen LogP contribution in [0.5, 0.6) is 5.75 Å². The summed E-state index contributed by atoms with van der Waals surface area (Å²) < 4.78 is 5.99. The Kier molecular flexibility index (Phi) is 12.0. The van der Waals surface area contributed by atoms with Gasteiger partial charge in [0.15, 0.2) is 5.96 Å². The predicted molar refractivity (Wildman–Crippen MR) is 130 cm³/mol. The normalized spacial score (nSPS) is 15.1. The molecule has 2 rings (SSSR count). The van der Waals surface area contributed by atoms with Crippen LogP contribution in [-0.4, -0.2) is 56.6 Å². The average Bonchev–Trinajstić information content (AvgIpc) is 2.71. The number of halogens is 1. The van der Waals surface area contributed by atoms with Crippen LogP contribution < -0.4 is 15.4 Å². The number of piperidine rings is 1. The zero-order valence-electron chi connectivity index (χ0n) is 18.2. The van der Waals surface area contributed by atoms with E-state index in [0.29, 0.717) is 31.4 Å². The highest BCUT2D eigenvalue weighted by atomic mass is 127. The molecule has 0 bridgehead atoms. The first-order valence-electron chi connectivity index (χ1n) is 10.5. The molecule has 6 nitrogen and oxygen atoms in total. The summed E-state index contributed by atoms with van der Waals surface area (Å²) >= 11 is 0. The Bertz CT molecular complexity index is 643. The van der Waals surface area contributed by atoms with Gasteiger partial charge in [0, 0.05) is 33.1 Å². The minimum Gasteiger partial charge on any atom is -0.491 e. The highest BCUT2D eigenvalue weighted by Crippen LogP contribution is 2.25. The summed E-state index contributed by atoms with van der Waals surface area (Å²) in [7, 11) is 1.70. The van der Waals surface area contributed by atoms with E-state index in [1.165, 1.54) is 5.56 Å². The second-order valence-corrected chi connectivity index (χ2v) is 7.58. The minimum atomic E-state index is 0. The molecule has 2 N–H and O–H groups in total. The second kappa shape index (κ2) is 13.7. The Labute approximate surface area is 192 Å². The smallest absolute Gasteiger partial charge is 0.220 e. The van der Waals surface area contributed by atoms with E-state index in [-0.39, 0.29) is 29.9 Å². The molecule has 29 heavy (non-hydrogen) atoms. The lowest BCUT2D eigenvalue weighted by Crippen LogP contribution is -2.46. The van der Waals surface area contributed by atoms with Crippen molar-refractivity contribution in [3.05, 3.63) is 29.8 Å². The molecule has 0 atom stereocenters. The first-order valence-corrected chi connectivity index (χ1v) is 10.5. The Morgan fingerprint density at radius 3 is 2.59 bits per heavy atom. The molecule has 1 aliphatic rings. The summed E-state index contributed by atoms with van der Waals surface area (Å²) in [6, 6.07) is 8.21. The van der Waals surface area contributed by atoms with E-state index in [1.807, 2.05) is 12.1 Å². The maximum atomic E-state index is 11.6. The van der Waals surface area contributed by atoms with Gasteiger partial charge < -0.3 is 20.3 Å². The minimum absolute atomic E-state index is 0. The molecule has 1 aromatic rings. The van der Waals surface area contributed by atoms with Gasteiger partial charge >= 0.3 is 0 Å². The lowest BCUT2D eigenvalue weighted by Gasteiger charge is -2.34. The Morgan fingerprint density at radius 1 is 1.28 bits per heavy atom. The summed E-state index contributed by atoms with van der Waals surface area (Å²) in [5.41, 5.74) is 1.23. The number of likely N-dealkylation sites (tertiary alicyclic amines) is 1. The zero-order valence-corrected chi connectivity index (χ0v) is 20.6. The van der Waals surface area contributed by atoms with Crippen LogP contribution in [0.25, 0.3) is 0 Å². The maximum absolute atomic E-state index is 11.6. The molecule has 1 aliphatic heterocycles. The molecule has 1 fully saturated rings. The first kappa shape index (κ1) is 25.5. The lowest BCUT2D eigenvalue weighted by molar-refractivity contribution is -0.121. The van der Waals surface area contributed by atoms with E-state index in [0.717, 1.165) is 44.2 Å². The second-order valence-electron chi connectivity index (χ2n) is 7.58. The zero-order chi connectivity index (χ0) is 20.4. The van der Waals surface area contributed by atoms with E-state index in [1.54, 1.807) is 7.05 Å². The standard InChI is InChI=1S/C22H36N4O2.HI/c1-5-24-22(26-13-10-18(11-14-26)16-21(27)23-4)25-12-15-28-20-9-7-6-8-19(20)17(2)3;/h6-9,17-18H,5,10-16H2,1-4H3,(H,23,27)(H,24,25);1H. The number of amides is 1. The monoisotopic (exact) mass is 516 g/mol. The first-order chi connectivity index (χ1) is 13.5. The van der Waals surface area contributed by atoms with Crippen LogP contribution in [0.4, 0.5) is 0 Å². The van der Waals surface area contributed by atoms with Crippen LogP contribution in [0.3, 0.4) is 0 Å². The summed E-state index contributed by atoms with van der Waals surface area (Å²) in [4.78, 5) is 18.6. The third kappa shape index (κ3) is 8.40. The van der Waals surface area contributed by atoms with Crippen molar-refractivity contribution in [3.63, 3.8) is 0 Å². The van der Waals surface area contributed by atoms with E-state index < -0.39 is 0 Å². The van der Waals surface area contributed by atoms with Crippen molar-refractivity contribution in [2.75, 3.05) is 39.8 Å². The topological polar surface area (TPSA) is 66.0 Å². The maximum Gasteiger partial charge on any atom is 0.220 e. The van der Waals surface area contributed by atoms with Gasteiger partial charge in [-0.25, -0.2) is 4.99 Å². The van der Waals surface area contributed by atoms with Gasteiger partial charge in [0.2, 0.25) is 5.91 Å². The molecule has 0 aromatic heterocycles. The van der Waals surface area contributed by atoms with E-state index >= 15 is 0 Å². The summed E-state index contributed by atoms with van der Waals surface area (Å²) in [5.74, 6) is 2.94. The molecule has 1 amide bonds. The molecular formula is C22H37IN4O2. The van der Waals surface area contributed by atoms with Gasteiger partial charge in [-0.05, 0) is 43.2 Å². The lowest BCUT2D eigenvalue weighted by atomic mass is 9.93. The average molecular weight is 516 g/mol. The number of para-hydroxylation sites is 1. The molecule has 164 valence electrons. The predicted octanol–water partition coefficient (Wildman–Crippen LogP) is 3.62. The van der Waals surface area contributed by atoms with Crippen LogP contribution in [0.1, 0.15) is 51.5 Å². The Morgan fingerprint density at radius 2 is 1.97 bits per heavy atom. The molecule has 1 aromatic carbocycles. The number of hydrogen-bond donors (Lipinski definition) is 2. The van der Waals surface area contributed by atoms with Gasteiger partial charge in [-0.3, -0.25) is 4.79 Å². The van der Waals surface area contributed by atoms with Crippen LogP contribution >= 0.6 is 24.0 Å². The van der Waals surface area contributed by atoms with Gasteiger partial charge in [0.05, 0.1) is 6.54 Å². The van der Waals surface area contributed by atoms with Crippen molar-refractivity contribution in [3.8, 4) is 5.75 Å². The number of carbonyl (C=O) groups is 1. The third-order valence-corrected chi connectivity index (χ3v) is 5.15. The fourth-order valence-corrected chi connectivity index (χ4v) is 3.54. The van der Waals surface area contributed by atoms with Gasteiger partial charge in [0.25, 0.3) is 0 Å². The van der Waals surface area contributed by atoms with Crippen molar-refractivity contribution in [2.45, 2.75) is 46.0 Å². The Hall–Kier alpha value is -1.51. The largest absolute Gasteiger partial charge is 0.491 e. The van der Waals surface area contributed by atoms with Crippen LogP contribution in [-0.2, 0) is 4.79 Å². The number of nitrogens with zero attached hydrogens (tertiary/aromatic N) is 2. The van der Waals surface area contributed by atoms with Crippen molar-refractivity contribution < 1.29 is 9.53 Å². The summed E-state index contributed by atoms with van der Waals surface area (Å²) in [6.07, 6.45) is 2.67. The van der Waals surface area contributed by atoms with Crippen molar-refractivity contribution in [2.24, 2.45) is 10.9 Å². The number of carbonyl (C=O) groups excluding carboxylic acids is 1. The SMILES string of the molecule is CCNC(=NCCOc1ccccc1C(C)C)N1CCC(CC(=O)NC)CC1.I. The summed E-state index contributed by atoms with van der Waals surface area (Å²) in [6.45, 7) is 10.3. The summed E-state index contributed by atoms with van der Waals surface area (Å²) in [5, 5.41) is 6.11. The fraction of sp³-hybridized carbons (Fsp3) is 0.636. The third-order valence-electron chi connectivity index (χ3n) is 5.15. The number of hydrogen-bond acceptors (Lipinski definition) is 3. The molecule has 1 saturated heterocycles. The number of guanidine groups is 1. The Balaban J connectivity index is 0.00000420. The highest BCUT2D eigenvalue weighted by Gasteiger charge is 2.23. The highest BCUT2D eigenvalue weighted by molar-refractivity contribution is 14.0. The van der Waals surface area contributed by atoms with Gasteiger partial charge in [-0.1, -0.05) is 32.0 Å². The fourth-order valence-electron chi connectivity index (χ4n) is 3.54.